The van der Waals surface area contributed by atoms with Crippen LogP contribution in [0.1, 0.15) is 18.2 Å². The number of halogens is 1. The van der Waals surface area contributed by atoms with Crippen LogP contribution in [0.15, 0.2) is 28.1 Å². The lowest BCUT2D eigenvalue weighted by Gasteiger charge is -2.01. The fourth-order valence-corrected chi connectivity index (χ4v) is 2.27. The van der Waals surface area contributed by atoms with E-state index in [4.69, 9.17) is 4.74 Å². The van der Waals surface area contributed by atoms with Crippen LogP contribution >= 0.6 is 27.3 Å². The fraction of sp³-hybridized carbons (Fsp3) is 0.400. The first-order valence-electron chi connectivity index (χ1n) is 4.15. The van der Waals surface area contributed by atoms with Crippen molar-refractivity contribution in [2.45, 2.75) is 20.0 Å². The Bertz CT molecular complexity index is 280. The summed E-state index contributed by atoms with van der Waals surface area (Å²) in [5.74, 6) is 0. The van der Waals surface area contributed by atoms with Gasteiger partial charge >= 0.3 is 0 Å². The SMILES string of the molecule is C=C(C)CCOCc1ccc(Br)s1. The van der Waals surface area contributed by atoms with Crippen molar-refractivity contribution in [3.8, 4) is 0 Å². The minimum Gasteiger partial charge on any atom is -0.376 e. The lowest BCUT2D eigenvalue weighted by molar-refractivity contribution is 0.126. The molecule has 0 fully saturated rings. The lowest BCUT2D eigenvalue weighted by atomic mass is 10.3. The summed E-state index contributed by atoms with van der Waals surface area (Å²) in [6, 6.07) is 4.12. The molecular formula is C10H13BrOS. The Morgan fingerprint density at radius 1 is 1.62 bits per heavy atom. The van der Waals surface area contributed by atoms with Gasteiger partial charge in [0.25, 0.3) is 0 Å². The van der Waals surface area contributed by atoms with Gasteiger partial charge in [-0.2, -0.15) is 0 Å². The van der Waals surface area contributed by atoms with Gasteiger partial charge in [-0.05, 0) is 41.4 Å². The predicted octanol–water partition coefficient (Wildman–Crippen LogP) is 3.99. The van der Waals surface area contributed by atoms with E-state index in [2.05, 4.69) is 28.6 Å². The molecule has 0 spiro atoms. The molecule has 0 atom stereocenters. The van der Waals surface area contributed by atoms with E-state index in [1.807, 2.05) is 13.0 Å². The van der Waals surface area contributed by atoms with Gasteiger partial charge in [-0.3, -0.25) is 0 Å². The largest absolute Gasteiger partial charge is 0.376 e. The Balaban J connectivity index is 2.16. The molecule has 0 unspecified atom stereocenters. The van der Waals surface area contributed by atoms with Crippen molar-refractivity contribution in [3.63, 3.8) is 0 Å². The smallest absolute Gasteiger partial charge is 0.0809 e. The van der Waals surface area contributed by atoms with Crippen LogP contribution in [0.3, 0.4) is 0 Å². The van der Waals surface area contributed by atoms with Crippen LogP contribution in [0.4, 0.5) is 0 Å². The molecule has 0 bridgehead atoms. The molecule has 0 aliphatic carbocycles. The van der Waals surface area contributed by atoms with Crippen LogP contribution < -0.4 is 0 Å². The van der Waals surface area contributed by atoms with E-state index in [1.54, 1.807) is 11.3 Å². The highest BCUT2D eigenvalue weighted by Gasteiger charge is 1.97. The molecule has 0 N–H and O–H groups in total. The van der Waals surface area contributed by atoms with E-state index < -0.39 is 0 Å². The van der Waals surface area contributed by atoms with Crippen molar-refractivity contribution in [1.82, 2.24) is 0 Å². The van der Waals surface area contributed by atoms with Crippen LogP contribution in [0.2, 0.25) is 0 Å². The summed E-state index contributed by atoms with van der Waals surface area (Å²) in [5, 5.41) is 0. The number of hydrogen-bond acceptors (Lipinski definition) is 2. The maximum absolute atomic E-state index is 5.47. The normalized spacial score (nSPS) is 10.3. The minimum atomic E-state index is 0.712. The number of hydrogen-bond donors (Lipinski definition) is 0. The third-order valence-corrected chi connectivity index (χ3v) is 3.14. The minimum absolute atomic E-state index is 0.712. The van der Waals surface area contributed by atoms with Crippen LogP contribution in [0, 0.1) is 0 Å². The zero-order chi connectivity index (χ0) is 9.68. The van der Waals surface area contributed by atoms with Crippen molar-refractivity contribution in [2.75, 3.05) is 6.61 Å². The molecule has 0 saturated heterocycles. The second-order valence-electron chi connectivity index (χ2n) is 2.97. The molecule has 0 aliphatic heterocycles. The highest BCUT2D eigenvalue weighted by atomic mass is 79.9. The predicted molar refractivity (Wildman–Crippen MR) is 61.1 cm³/mol. The first kappa shape index (κ1) is 11.0. The van der Waals surface area contributed by atoms with Gasteiger partial charge in [0.1, 0.15) is 0 Å². The van der Waals surface area contributed by atoms with Gasteiger partial charge in [0.05, 0.1) is 17.0 Å². The highest BCUT2D eigenvalue weighted by Crippen LogP contribution is 2.22. The van der Waals surface area contributed by atoms with Gasteiger partial charge in [-0.15, -0.1) is 17.9 Å². The molecule has 0 saturated carbocycles. The van der Waals surface area contributed by atoms with E-state index >= 15 is 0 Å². The van der Waals surface area contributed by atoms with Gasteiger partial charge in [-0.25, -0.2) is 0 Å². The third-order valence-electron chi connectivity index (χ3n) is 1.55. The zero-order valence-electron chi connectivity index (χ0n) is 7.68. The second kappa shape index (κ2) is 5.58. The average Bonchev–Trinajstić information content (AvgIpc) is 2.45. The van der Waals surface area contributed by atoms with Crippen molar-refractivity contribution < 1.29 is 4.74 Å². The van der Waals surface area contributed by atoms with Gasteiger partial charge in [0, 0.05) is 4.88 Å². The van der Waals surface area contributed by atoms with Gasteiger partial charge in [0.15, 0.2) is 0 Å². The molecule has 1 aromatic rings. The molecule has 0 aliphatic rings. The molecule has 1 aromatic heterocycles. The first-order valence-corrected chi connectivity index (χ1v) is 5.76. The molecule has 1 heterocycles. The van der Waals surface area contributed by atoms with Crippen molar-refractivity contribution in [2.24, 2.45) is 0 Å². The average molecular weight is 261 g/mol. The van der Waals surface area contributed by atoms with Crippen LogP contribution in [0.5, 0.6) is 0 Å². The van der Waals surface area contributed by atoms with E-state index in [0.717, 1.165) is 16.8 Å². The lowest BCUT2D eigenvalue weighted by Crippen LogP contribution is -1.93. The van der Waals surface area contributed by atoms with Crippen LogP contribution in [-0.4, -0.2) is 6.61 Å². The maximum Gasteiger partial charge on any atom is 0.0809 e. The molecule has 3 heteroatoms. The Morgan fingerprint density at radius 3 is 2.92 bits per heavy atom. The molecule has 0 radical (unpaired) electrons. The Kier molecular flexibility index (Phi) is 4.70. The van der Waals surface area contributed by atoms with E-state index in [-0.39, 0.29) is 0 Å². The van der Waals surface area contributed by atoms with Gasteiger partial charge in [0.2, 0.25) is 0 Å². The number of rotatable bonds is 5. The molecule has 1 nitrogen and oxygen atoms in total. The van der Waals surface area contributed by atoms with E-state index in [9.17, 15) is 0 Å². The van der Waals surface area contributed by atoms with Crippen molar-refractivity contribution in [1.29, 1.82) is 0 Å². The number of ether oxygens (including phenoxy) is 1. The summed E-state index contributed by atoms with van der Waals surface area (Å²) >= 11 is 5.13. The topological polar surface area (TPSA) is 9.23 Å². The first-order chi connectivity index (χ1) is 6.18. The molecule has 13 heavy (non-hydrogen) atoms. The Labute approximate surface area is 91.6 Å². The summed E-state index contributed by atoms with van der Waals surface area (Å²) in [5.41, 5.74) is 1.17. The van der Waals surface area contributed by atoms with E-state index in [0.29, 0.717) is 6.61 Å². The molecule has 1 rings (SSSR count). The fourth-order valence-electron chi connectivity index (χ4n) is 0.848. The van der Waals surface area contributed by atoms with Crippen LogP contribution in [0.25, 0.3) is 0 Å². The Hall–Kier alpha value is -0.120. The third kappa shape index (κ3) is 4.60. The van der Waals surface area contributed by atoms with Gasteiger partial charge in [-0.1, -0.05) is 5.57 Å². The maximum atomic E-state index is 5.47. The summed E-state index contributed by atoms with van der Waals surface area (Å²) in [4.78, 5) is 1.26. The summed E-state index contributed by atoms with van der Waals surface area (Å²) in [7, 11) is 0. The standard InChI is InChI=1S/C10H13BrOS/c1-8(2)5-6-12-7-9-3-4-10(11)13-9/h3-4H,1,5-7H2,2H3. The van der Waals surface area contributed by atoms with Crippen molar-refractivity contribution >= 4 is 27.3 Å². The Morgan fingerprint density at radius 2 is 2.38 bits per heavy atom. The quantitative estimate of drug-likeness (QED) is 0.575. The second-order valence-corrected chi connectivity index (χ2v) is 5.51. The zero-order valence-corrected chi connectivity index (χ0v) is 10.1. The van der Waals surface area contributed by atoms with Crippen LogP contribution in [-0.2, 0) is 11.3 Å². The molecule has 72 valence electrons. The molecule has 0 aromatic carbocycles. The molecular weight excluding hydrogens is 248 g/mol. The van der Waals surface area contributed by atoms with Crippen molar-refractivity contribution in [3.05, 3.63) is 32.9 Å². The number of thiophene rings is 1. The monoisotopic (exact) mass is 260 g/mol. The summed E-state index contributed by atoms with van der Waals surface area (Å²) in [6.45, 7) is 7.32. The molecule has 0 amide bonds. The van der Waals surface area contributed by atoms with Gasteiger partial charge < -0.3 is 4.74 Å². The highest BCUT2D eigenvalue weighted by molar-refractivity contribution is 9.11. The van der Waals surface area contributed by atoms with E-state index in [1.165, 1.54) is 10.5 Å². The summed E-state index contributed by atoms with van der Waals surface area (Å²) in [6.07, 6.45) is 0.951. The summed E-state index contributed by atoms with van der Waals surface area (Å²) < 4.78 is 6.63.